The fourth-order valence-electron chi connectivity index (χ4n) is 5.88. The largest absolute Gasteiger partial charge is 0.336 e. The Morgan fingerprint density at radius 1 is 0.886 bits per heavy atom. The van der Waals surface area contributed by atoms with Gasteiger partial charge in [-0.15, -0.1) is 0 Å². The van der Waals surface area contributed by atoms with Gasteiger partial charge in [-0.3, -0.25) is 9.59 Å². The van der Waals surface area contributed by atoms with Crippen LogP contribution in [0.4, 0.5) is 17.3 Å². The fourth-order valence-corrected chi connectivity index (χ4v) is 5.88. The Balaban J connectivity index is 1.28. The SMILES string of the molecule is CCN(C(=O)c1ccc(Nc2nccc(-c3cccc(NC(=O)c4ccc(C(C)(C)C)cc4)c3C)n2)cc1)C1CCCCC1. The van der Waals surface area contributed by atoms with Crippen molar-refractivity contribution < 1.29 is 9.59 Å². The number of aromatic nitrogens is 2. The van der Waals surface area contributed by atoms with E-state index in [9.17, 15) is 9.59 Å². The molecule has 0 atom stereocenters. The standard InChI is InChI=1S/C37H43N5O2/c1-6-42(30-11-8-7-9-12-30)35(44)27-17-21-29(22-18-27)39-36-38-24-23-33(41-36)31-13-10-14-32(25(31)2)40-34(43)26-15-19-28(20-16-26)37(3,4)5/h10,13-24,30H,6-9,11-12H2,1-5H3,(H,40,43)(H,38,39,41). The second kappa shape index (κ2) is 13.4. The van der Waals surface area contributed by atoms with Crippen LogP contribution in [0.2, 0.25) is 0 Å². The van der Waals surface area contributed by atoms with Gasteiger partial charge in [-0.05, 0) is 91.8 Å². The van der Waals surface area contributed by atoms with Gasteiger partial charge in [-0.1, -0.05) is 64.3 Å². The zero-order chi connectivity index (χ0) is 31.3. The molecule has 7 heteroatoms. The van der Waals surface area contributed by atoms with E-state index in [2.05, 4.69) is 43.3 Å². The van der Waals surface area contributed by atoms with Crippen molar-refractivity contribution in [1.29, 1.82) is 0 Å². The molecule has 0 spiro atoms. The lowest BCUT2D eigenvalue weighted by Crippen LogP contribution is -2.41. The van der Waals surface area contributed by atoms with Gasteiger partial charge in [0.2, 0.25) is 5.95 Å². The minimum absolute atomic E-state index is 0.0262. The Morgan fingerprint density at radius 2 is 1.57 bits per heavy atom. The Hall–Kier alpha value is -4.52. The molecule has 0 unspecified atom stereocenters. The van der Waals surface area contributed by atoms with Crippen molar-refractivity contribution >= 4 is 29.1 Å². The molecule has 1 aliphatic carbocycles. The van der Waals surface area contributed by atoms with Crippen molar-refractivity contribution in [3.8, 4) is 11.3 Å². The lowest BCUT2D eigenvalue weighted by atomic mass is 9.86. The molecule has 1 aliphatic rings. The van der Waals surface area contributed by atoms with Crippen molar-refractivity contribution in [1.82, 2.24) is 14.9 Å². The van der Waals surface area contributed by atoms with E-state index in [0.717, 1.165) is 47.6 Å². The zero-order valence-electron chi connectivity index (χ0n) is 26.5. The molecule has 0 radical (unpaired) electrons. The fraction of sp³-hybridized carbons (Fsp3) is 0.351. The summed E-state index contributed by atoms with van der Waals surface area (Å²) < 4.78 is 0. The van der Waals surface area contributed by atoms with E-state index in [1.165, 1.54) is 24.8 Å². The van der Waals surface area contributed by atoms with Gasteiger partial charge in [0.05, 0.1) is 5.69 Å². The van der Waals surface area contributed by atoms with Crippen LogP contribution in [-0.4, -0.2) is 39.3 Å². The normalized spacial score (nSPS) is 13.8. The summed E-state index contributed by atoms with van der Waals surface area (Å²) in [5, 5.41) is 6.34. The van der Waals surface area contributed by atoms with E-state index in [1.54, 1.807) is 6.20 Å². The van der Waals surface area contributed by atoms with Gasteiger partial charge in [-0.2, -0.15) is 0 Å². The van der Waals surface area contributed by atoms with E-state index >= 15 is 0 Å². The summed E-state index contributed by atoms with van der Waals surface area (Å²) in [6.07, 6.45) is 7.55. The van der Waals surface area contributed by atoms with Gasteiger partial charge in [0.15, 0.2) is 0 Å². The molecular weight excluding hydrogens is 546 g/mol. The van der Waals surface area contributed by atoms with E-state index < -0.39 is 0 Å². The van der Waals surface area contributed by atoms with Gasteiger partial charge >= 0.3 is 0 Å². The minimum atomic E-state index is -0.154. The first-order valence-corrected chi connectivity index (χ1v) is 15.7. The molecular formula is C37H43N5O2. The average Bonchev–Trinajstić information content (AvgIpc) is 3.03. The first-order chi connectivity index (χ1) is 21.1. The Morgan fingerprint density at radius 3 is 2.23 bits per heavy atom. The van der Waals surface area contributed by atoms with Crippen LogP contribution >= 0.6 is 0 Å². The molecule has 0 aliphatic heterocycles. The van der Waals surface area contributed by atoms with Crippen LogP contribution < -0.4 is 10.6 Å². The number of carbonyl (C=O) groups excluding carboxylic acids is 2. The monoisotopic (exact) mass is 589 g/mol. The highest BCUT2D eigenvalue weighted by Gasteiger charge is 2.25. The van der Waals surface area contributed by atoms with Gasteiger partial charge in [0, 0.05) is 46.8 Å². The Labute approximate surface area is 261 Å². The summed E-state index contributed by atoms with van der Waals surface area (Å²) in [6, 6.07) is 23.3. The molecule has 44 heavy (non-hydrogen) atoms. The van der Waals surface area contributed by atoms with Crippen LogP contribution in [0.15, 0.2) is 79.0 Å². The number of nitrogens with zero attached hydrogens (tertiary/aromatic N) is 3. The maximum absolute atomic E-state index is 13.3. The maximum Gasteiger partial charge on any atom is 0.255 e. The summed E-state index contributed by atoms with van der Waals surface area (Å²) in [5.74, 6) is 0.388. The topological polar surface area (TPSA) is 87.2 Å². The van der Waals surface area contributed by atoms with E-state index in [4.69, 9.17) is 4.98 Å². The third kappa shape index (κ3) is 7.16. The average molecular weight is 590 g/mol. The Kier molecular flexibility index (Phi) is 9.43. The van der Waals surface area contributed by atoms with E-state index in [1.807, 2.05) is 84.6 Å². The quantitative estimate of drug-likeness (QED) is 0.215. The number of amides is 2. The predicted octanol–water partition coefficient (Wildman–Crippen LogP) is 8.54. The molecule has 2 amide bonds. The lowest BCUT2D eigenvalue weighted by molar-refractivity contribution is 0.0648. The predicted molar refractivity (Wildman–Crippen MR) is 179 cm³/mol. The van der Waals surface area contributed by atoms with Crippen LogP contribution in [0.25, 0.3) is 11.3 Å². The number of rotatable bonds is 8. The molecule has 5 rings (SSSR count). The van der Waals surface area contributed by atoms with Crippen molar-refractivity contribution in [3.63, 3.8) is 0 Å². The molecule has 7 nitrogen and oxygen atoms in total. The van der Waals surface area contributed by atoms with Gasteiger partial charge < -0.3 is 15.5 Å². The molecule has 1 aromatic heterocycles. The van der Waals surface area contributed by atoms with Crippen molar-refractivity contribution in [2.75, 3.05) is 17.2 Å². The number of nitrogens with one attached hydrogen (secondary N) is 2. The third-order valence-corrected chi connectivity index (χ3v) is 8.53. The summed E-state index contributed by atoms with van der Waals surface area (Å²) >= 11 is 0. The Bertz CT molecular complexity index is 1600. The van der Waals surface area contributed by atoms with Crippen LogP contribution in [0.3, 0.4) is 0 Å². The first-order valence-electron chi connectivity index (χ1n) is 15.7. The lowest BCUT2D eigenvalue weighted by Gasteiger charge is -2.33. The molecule has 228 valence electrons. The summed E-state index contributed by atoms with van der Waals surface area (Å²) in [7, 11) is 0. The highest BCUT2D eigenvalue weighted by molar-refractivity contribution is 6.05. The zero-order valence-corrected chi connectivity index (χ0v) is 26.5. The smallest absolute Gasteiger partial charge is 0.255 e. The third-order valence-electron chi connectivity index (χ3n) is 8.53. The van der Waals surface area contributed by atoms with Crippen LogP contribution in [-0.2, 0) is 5.41 Å². The van der Waals surface area contributed by atoms with E-state index in [0.29, 0.717) is 23.1 Å². The van der Waals surface area contributed by atoms with Crippen LogP contribution in [0.1, 0.15) is 91.6 Å². The minimum Gasteiger partial charge on any atom is -0.336 e. The number of hydrogen-bond acceptors (Lipinski definition) is 5. The van der Waals surface area contributed by atoms with Crippen molar-refractivity contribution in [2.24, 2.45) is 0 Å². The van der Waals surface area contributed by atoms with Crippen molar-refractivity contribution in [3.05, 3.63) is 101 Å². The summed E-state index contributed by atoms with van der Waals surface area (Å²) in [5.41, 5.74) is 6.60. The molecule has 0 bridgehead atoms. The van der Waals surface area contributed by atoms with Gasteiger partial charge in [0.25, 0.3) is 11.8 Å². The molecule has 4 aromatic rings. The first kappa shape index (κ1) is 30.9. The number of carbonyl (C=O) groups is 2. The van der Waals surface area contributed by atoms with Crippen molar-refractivity contribution in [2.45, 2.75) is 78.2 Å². The second-order valence-electron chi connectivity index (χ2n) is 12.6. The molecule has 3 aromatic carbocycles. The van der Waals surface area contributed by atoms with Gasteiger partial charge in [0.1, 0.15) is 0 Å². The summed E-state index contributed by atoms with van der Waals surface area (Å²) in [6.45, 7) is 11.2. The van der Waals surface area contributed by atoms with Crippen LogP contribution in [0, 0.1) is 6.92 Å². The maximum atomic E-state index is 13.3. The number of hydrogen-bond donors (Lipinski definition) is 2. The van der Waals surface area contributed by atoms with Gasteiger partial charge in [-0.25, -0.2) is 9.97 Å². The van der Waals surface area contributed by atoms with Crippen LogP contribution in [0.5, 0.6) is 0 Å². The molecule has 1 fully saturated rings. The molecule has 1 heterocycles. The molecule has 2 N–H and O–H groups in total. The van der Waals surface area contributed by atoms with E-state index in [-0.39, 0.29) is 17.2 Å². The highest BCUT2D eigenvalue weighted by atomic mass is 16.2. The number of anilines is 3. The number of benzene rings is 3. The molecule has 1 saturated carbocycles. The second-order valence-corrected chi connectivity index (χ2v) is 12.6. The summed E-state index contributed by atoms with van der Waals surface area (Å²) in [4.78, 5) is 37.5. The molecule has 0 saturated heterocycles. The highest BCUT2D eigenvalue weighted by Crippen LogP contribution is 2.29.